The van der Waals surface area contributed by atoms with Crippen molar-refractivity contribution in [2.75, 3.05) is 51.1 Å². The van der Waals surface area contributed by atoms with Crippen LogP contribution in [0, 0.1) is 0 Å². The lowest BCUT2D eigenvalue weighted by Gasteiger charge is -2.41. The molecule has 2 aromatic carbocycles. The largest absolute Gasteiger partial charge is 0.436 e. The number of nitrogens with one attached hydrogen (secondary N) is 1. The summed E-state index contributed by atoms with van der Waals surface area (Å²) in [6.07, 6.45) is -7.12. The lowest BCUT2D eigenvalue weighted by molar-refractivity contribution is -0.143. The molecule has 0 bridgehead atoms. The van der Waals surface area contributed by atoms with Crippen LogP contribution in [0.15, 0.2) is 42.5 Å². The number of alkyl halides is 6. The van der Waals surface area contributed by atoms with E-state index in [1.807, 2.05) is 24.3 Å². The molecule has 1 N–H and O–H groups in total. The highest BCUT2D eigenvalue weighted by Crippen LogP contribution is 2.37. The van der Waals surface area contributed by atoms with Crippen LogP contribution in [0.1, 0.15) is 67.2 Å². The van der Waals surface area contributed by atoms with Gasteiger partial charge in [0, 0.05) is 56.9 Å². The SMILES string of the molecule is O=C(O[C@H](Cc1cc(C(F)(F)F)cc(C(F)(F)F)c1)C(=O)N1CCC(N2CCCCC2)CC1)N1CCC(N2CCc3ccccc3NC2=O)CC1. The van der Waals surface area contributed by atoms with Crippen molar-refractivity contribution in [3.8, 4) is 0 Å². The maximum absolute atomic E-state index is 13.9. The van der Waals surface area contributed by atoms with Gasteiger partial charge in [-0.1, -0.05) is 24.6 Å². The van der Waals surface area contributed by atoms with Gasteiger partial charge >= 0.3 is 24.5 Å². The summed E-state index contributed by atoms with van der Waals surface area (Å²) in [5.74, 6) is -0.651. The van der Waals surface area contributed by atoms with E-state index in [-0.39, 0.29) is 37.3 Å². The number of nitrogens with zero attached hydrogens (tertiary/aromatic N) is 4. The van der Waals surface area contributed by atoms with Crippen LogP contribution >= 0.6 is 0 Å². The summed E-state index contributed by atoms with van der Waals surface area (Å²) in [6.45, 7) is 3.47. The number of ether oxygens (including phenoxy) is 1. The Morgan fingerprint density at radius 3 is 1.98 bits per heavy atom. The number of fused-ring (bicyclic) bond motifs is 1. The highest BCUT2D eigenvalue weighted by atomic mass is 19.4. The minimum absolute atomic E-state index is 0.0329. The van der Waals surface area contributed by atoms with Crippen LogP contribution in [0.5, 0.6) is 0 Å². The highest BCUT2D eigenvalue weighted by molar-refractivity contribution is 5.91. The van der Waals surface area contributed by atoms with E-state index in [0.29, 0.717) is 63.9 Å². The van der Waals surface area contributed by atoms with Crippen molar-refractivity contribution >= 4 is 23.7 Å². The summed E-state index contributed by atoms with van der Waals surface area (Å²) in [6, 6.07) is 8.58. The van der Waals surface area contributed by atoms with Gasteiger partial charge in [0.05, 0.1) is 11.1 Å². The Labute approximate surface area is 292 Å². The molecule has 2 aromatic rings. The van der Waals surface area contributed by atoms with Gasteiger partial charge < -0.3 is 29.7 Å². The molecule has 4 aliphatic heterocycles. The van der Waals surface area contributed by atoms with Gasteiger partial charge in [-0.05, 0) is 93.4 Å². The molecule has 15 heteroatoms. The first-order valence-corrected chi connectivity index (χ1v) is 17.7. The molecule has 3 saturated heterocycles. The molecule has 0 saturated carbocycles. The number of urea groups is 1. The van der Waals surface area contributed by atoms with E-state index in [4.69, 9.17) is 4.74 Å². The van der Waals surface area contributed by atoms with Gasteiger partial charge in [0.25, 0.3) is 5.91 Å². The Kier molecular flexibility index (Phi) is 11.0. The second-order valence-electron chi connectivity index (χ2n) is 13.9. The molecule has 0 spiro atoms. The minimum atomic E-state index is -5.07. The molecule has 4 heterocycles. The third-order valence-electron chi connectivity index (χ3n) is 10.6. The molecule has 51 heavy (non-hydrogen) atoms. The predicted octanol–water partition coefficient (Wildman–Crippen LogP) is 6.80. The van der Waals surface area contributed by atoms with E-state index >= 15 is 0 Å². The number of rotatable bonds is 6. The van der Waals surface area contributed by atoms with Gasteiger partial charge in [-0.3, -0.25) is 4.79 Å². The zero-order chi connectivity index (χ0) is 36.3. The Balaban J connectivity index is 1.15. The predicted molar refractivity (Wildman–Crippen MR) is 176 cm³/mol. The standard InChI is InChI=1S/C36H43F6N5O4/c37-35(38,39)26-20-24(21-27(23-26)36(40,41)42)22-31(32(48)45-15-9-28(10-16-45)44-13-4-1-5-14-44)51-34(50)46-17-11-29(12-18-46)47-19-8-25-6-2-3-7-30(25)43-33(47)49/h2-3,6-7,20-21,23,28-29,31H,1,4-5,8-19,22H2,(H,43,49)/t31-/m1/s1. The first-order valence-electron chi connectivity index (χ1n) is 17.7. The summed E-state index contributed by atoms with van der Waals surface area (Å²) >= 11 is 0. The van der Waals surface area contributed by atoms with Crippen molar-refractivity contribution in [2.24, 2.45) is 0 Å². The molecule has 4 amide bonds. The van der Waals surface area contributed by atoms with Crippen LogP contribution in [0.3, 0.4) is 0 Å². The second-order valence-corrected chi connectivity index (χ2v) is 13.9. The van der Waals surface area contributed by atoms with Gasteiger partial charge in [0.2, 0.25) is 0 Å². The van der Waals surface area contributed by atoms with Gasteiger partial charge in [-0.2, -0.15) is 26.3 Å². The molecule has 0 radical (unpaired) electrons. The number of benzene rings is 2. The normalized spacial score (nSPS) is 20.7. The number of amides is 4. The fourth-order valence-electron chi connectivity index (χ4n) is 7.76. The van der Waals surface area contributed by atoms with Crippen LogP contribution in [-0.4, -0.2) is 102 Å². The van der Waals surface area contributed by atoms with Crippen molar-refractivity contribution in [1.82, 2.24) is 19.6 Å². The number of halogens is 6. The number of piperidine rings is 3. The maximum Gasteiger partial charge on any atom is 0.416 e. The first kappa shape index (κ1) is 36.8. The highest BCUT2D eigenvalue weighted by Gasteiger charge is 2.40. The Morgan fingerprint density at radius 2 is 1.35 bits per heavy atom. The van der Waals surface area contributed by atoms with E-state index in [0.717, 1.165) is 37.2 Å². The average molecular weight is 724 g/mol. The van der Waals surface area contributed by atoms with Crippen LogP contribution in [0.2, 0.25) is 0 Å². The van der Waals surface area contributed by atoms with Crippen LogP contribution in [0.25, 0.3) is 0 Å². The Morgan fingerprint density at radius 1 is 0.765 bits per heavy atom. The lowest BCUT2D eigenvalue weighted by Crippen LogP contribution is -2.53. The Bertz CT molecular complexity index is 1530. The van der Waals surface area contributed by atoms with Crippen molar-refractivity contribution in [3.63, 3.8) is 0 Å². The monoisotopic (exact) mass is 723 g/mol. The molecule has 278 valence electrons. The second kappa shape index (κ2) is 15.3. The number of anilines is 1. The smallest absolute Gasteiger partial charge is 0.416 e. The number of carbonyl (C=O) groups excluding carboxylic acids is 3. The number of hydrogen-bond acceptors (Lipinski definition) is 5. The average Bonchev–Trinajstić information content (AvgIpc) is 3.28. The minimum Gasteiger partial charge on any atom is -0.436 e. The molecule has 4 aliphatic rings. The molecule has 0 aliphatic carbocycles. The lowest BCUT2D eigenvalue weighted by atomic mass is 9.97. The molecule has 6 rings (SSSR count). The topological polar surface area (TPSA) is 85.4 Å². The summed E-state index contributed by atoms with van der Waals surface area (Å²) in [5.41, 5.74) is -1.66. The van der Waals surface area contributed by atoms with Crippen molar-refractivity contribution in [1.29, 1.82) is 0 Å². The molecule has 0 aromatic heterocycles. The number of likely N-dealkylation sites (tertiary alicyclic amines) is 3. The summed E-state index contributed by atoms with van der Waals surface area (Å²) in [4.78, 5) is 47.5. The molecule has 1 atom stereocenters. The summed E-state index contributed by atoms with van der Waals surface area (Å²) in [5, 5.41) is 2.94. The fourth-order valence-corrected chi connectivity index (χ4v) is 7.76. The first-order chi connectivity index (χ1) is 24.3. The van der Waals surface area contributed by atoms with E-state index in [2.05, 4.69) is 10.2 Å². The van der Waals surface area contributed by atoms with Crippen molar-refractivity contribution in [2.45, 2.75) is 88.3 Å². The van der Waals surface area contributed by atoms with Gasteiger partial charge in [0.15, 0.2) is 6.10 Å². The van der Waals surface area contributed by atoms with Crippen LogP contribution < -0.4 is 5.32 Å². The van der Waals surface area contributed by atoms with Crippen LogP contribution in [-0.2, 0) is 34.7 Å². The third kappa shape index (κ3) is 8.90. The number of hydrogen-bond donors (Lipinski definition) is 1. The molecular weight excluding hydrogens is 680 g/mol. The van der Waals surface area contributed by atoms with Gasteiger partial charge in [-0.15, -0.1) is 0 Å². The molecule has 0 unspecified atom stereocenters. The van der Waals surface area contributed by atoms with E-state index < -0.39 is 53.6 Å². The Hall–Kier alpha value is -4.01. The molecular formula is C36H43F6N5O4. The van der Waals surface area contributed by atoms with Crippen molar-refractivity contribution in [3.05, 3.63) is 64.7 Å². The van der Waals surface area contributed by atoms with E-state index in [1.54, 1.807) is 4.90 Å². The maximum atomic E-state index is 13.9. The number of para-hydroxylation sites is 1. The summed E-state index contributed by atoms with van der Waals surface area (Å²) in [7, 11) is 0. The molecule has 9 nitrogen and oxygen atoms in total. The fraction of sp³-hybridized carbons (Fsp3) is 0.583. The van der Waals surface area contributed by atoms with Gasteiger partial charge in [0.1, 0.15) is 0 Å². The van der Waals surface area contributed by atoms with Crippen LogP contribution in [0.4, 0.5) is 41.6 Å². The third-order valence-corrected chi connectivity index (χ3v) is 10.6. The quantitative estimate of drug-likeness (QED) is 0.332. The van der Waals surface area contributed by atoms with Crippen molar-refractivity contribution < 1.29 is 45.5 Å². The number of carbonyl (C=O) groups is 3. The molecule has 3 fully saturated rings. The zero-order valence-electron chi connectivity index (χ0n) is 28.3. The van der Waals surface area contributed by atoms with Gasteiger partial charge in [-0.25, -0.2) is 9.59 Å². The van der Waals surface area contributed by atoms with E-state index in [1.165, 1.54) is 16.2 Å². The zero-order valence-corrected chi connectivity index (χ0v) is 28.3. The summed E-state index contributed by atoms with van der Waals surface area (Å²) < 4.78 is 87.8. The van der Waals surface area contributed by atoms with E-state index in [9.17, 15) is 40.7 Å².